The summed E-state index contributed by atoms with van der Waals surface area (Å²) in [4.78, 5) is 26.7. The van der Waals surface area contributed by atoms with Crippen molar-refractivity contribution in [1.29, 1.82) is 0 Å². The van der Waals surface area contributed by atoms with Crippen LogP contribution in [0.2, 0.25) is 5.02 Å². The van der Waals surface area contributed by atoms with Crippen molar-refractivity contribution < 1.29 is 9.59 Å². The molecule has 5 nitrogen and oxygen atoms in total. The Labute approximate surface area is 163 Å². The molecule has 0 bridgehead atoms. The monoisotopic (exact) mass is 393 g/mol. The number of carbonyl (C=O) groups is 2. The Hall–Kier alpha value is -2.24. The number of carbonyl (C=O) groups excluding carboxylic acids is 2. The number of halogens is 2. The first-order valence-corrected chi connectivity index (χ1v) is 8.69. The number of amides is 2. The van der Waals surface area contributed by atoms with Crippen LogP contribution in [0.4, 0.5) is 11.4 Å². The van der Waals surface area contributed by atoms with Crippen LogP contribution in [0.3, 0.4) is 0 Å². The van der Waals surface area contributed by atoms with Crippen molar-refractivity contribution in [1.82, 2.24) is 4.90 Å². The van der Waals surface area contributed by atoms with E-state index in [-0.39, 0.29) is 24.2 Å². The van der Waals surface area contributed by atoms with Gasteiger partial charge < -0.3 is 16.0 Å². The van der Waals surface area contributed by atoms with Gasteiger partial charge in [-0.05, 0) is 49.6 Å². The molecule has 1 fully saturated rings. The Balaban J connectivity index is 0.00000243. The molecule has 0 spiro atoms. The van der Waals surface area contributed by atoms with Gasteiger partial charge in [0.15, 0.2) is 0 Å². The molecule has 1 heterocycles. The van der Waals surface area contributed by atoms with Crippen LogP contribution < -0.4 is 11.1 Å². The fourth-order valence-electron chi connectivity index (χ4n) is 2.94. The number of nitrogens with two attached hydrogens (primary N) is 1. The Bertz CT molecular complexity index is 805. The average Bonchev–Trinajstić information content (AvgIpc) is 2.62. The summed E-state index contributed by atoms with van der Waals surface area (Å²) in [5.41, 5.74) is 7.60. The molecule has 3 N–H and O–H groups in total. The second-order valence-electron chi connectivity index (χ2n) is 6.09. The molecule has 0 saturated carbocycles. The van der Waals surface area contributed by atoms with Gasteiger partial charge in [0.25, 0.3) is 11.8 Å². The van der Waals surface area contributed by atoms with E-state index >= 15 is 0 Å². The van der Waals surface area contributed by atoms with Gasteiger partial charge in [0.1, 0.15) is 0 Å². The second-order valence-corrected chi connectivity index (χ2v) is 6.50. The van der Waals surface area contributed by atoms with Gasteiger partial charge in [0.05, 0.1) is 16.1 Å². The van der Waals surface area contributed by atoms with Crippen molar-refractivity contribution >= 4 is 47.2 Å². The van der Waals surface area contributed by atoms with E-state index < -0.39 is 0 Å². The van der Waals surface area contributed by atoms with Crippen LogP contribution in [0, 0.1) is 0 Å². The highest BCUT2D eigenvalue weighted by atomic mass is 35.5. The zero-order chi connectivity index (χ0) is 17.8. The normalized spacial score (nSPS) is 13.7. The minimum absolute atomic E-state index is 0. The largest absolute Gasteiger partial charge is 0.398 e. The summed E-state index contributed by atoms with van der Waals surface area (Å²) in [6, 6.07) is 11.8. The molecule has 0 unspecified atom stereocenters. The maximum Gasteiger partial charge on any atom is 0.257 e. The van der Waals surface area contributed by atoms with Gasteiger partial charge in [-0.15, -0.1) is 12.4 Å². The van der Waals surface area contributed by atoms with Crippen molar-refractivity contribution in [2.75, 3.05) is 24.1 Å². The highest BCUT2D eigenvalue weighted by Crippen LogP contribution is 2.24. The quantitative estimate of drug-likeness (QED) is 0.766. The number of likely N-dealkylation sites (tertiary alicyclic amines) is 1. The lowest BCUT2D eigenvalue weighted by Gasteiger charge is -2.27. The average molecular weight is 394 g/mol. The molecule has 0 atom stereocenters. The molecule has 3 rings (SSSR count). The highest BCUT2D eigenvalue weighted by Gasteiger charge is 2.20. The van der Waals surface area contributed by atoms with Crippen LogP contribution in [0.15, 0.2) is 42.5 Å². The van der Waals surface area contributed by atoms with Crippen LogP contribution in [0.1, 0.15) is 40.0 Å². The predicted molar refractivity (Wildman–Crippen MR) is 107 cm³/mol. The van der Waals surface area contributed by atoms with Gasteiger partial charge in [-0.25, -0.2) is 0 Å². The minimum Gasteiger partial charge on any atom is -0.398 e. The van der Waals surface area contributed by atoms with Crippen molar-refractivity contribution in [3.63, 3.8) is 0 Å². The maximum absolute atomic E-state index is 12.6. The van der Waals surface area contributed by atoms with E-state index in [1.807, 2.05) is 4.90 Å². The van der Waals surface area contributed by atoms with Crippen LogP contribution in [-0.4, -0.2) is 29.8 Å². The van der Waals surface area contributed by atoms with E-state index in [4.69, 9.17) is 17.3 Å². The summed E-state index contributed by atoms with van der Waals surface area (Å²) >= 11 is 6.28. The van der Waals surface area contributed by atoms with E-state index in [2.05, 4.69) is 5.32 Å². The molecular weight excluding hydrogens is 373 g/mol. The summed E-state index contributed by atoms with van der Waals surface area (Å²) < 4.78 is 0. The summed E-state index contributed by atoms with van der Waals surface area (Å²) in [5, 5.41) is 3.09. The SMILES string of the molecule is Cl.Nc1ccccc1C(=O)Nc1ccc(C(=O)N2CCCCC2)c(Cl)c1. The lowest BCUT2D eigenvalue weighted by molar-refractivity contribution is 0.0724. The molecule has 1 aliphatic rings. The molecular formula is C19H21Cl2N3O2. The number of hydrogen-bond donors (Lipinski definition) is 2. The van der Waals surface area contributed by atoms with Gasteiger partial charge in [-0.2, -0.15) is 0 Å². The number of para-hydroxylation sites is 1. The fourth-order valence-corrected chi connectivity index (χ4v) is 3.20. The summed E-state index contributed by atoms with van der Waals surface area (Å²) in [5.74, 6) is -0.376. The van der Waals surface area contributed by atoms with Crippen LogP contribution in [-0.2, 0) is 0 Å². The van der Waals surface area contributed by atoms with Crippen molar-refractivity contribution in [2.45, 2.75) is 19.3 Å². The molecule has 7 heteroatoms. The van der Waals surface area contributed by atoms with E-state index in [0.29, 0.717) is 27.5 Å². The van der Waals surface area contributed by atoms with Crippen molar-refractivity contribution in [3.05, 3.63) is 58.6 Å². The van der Waals surface area contributed by atoms with Gasteiger partial charge in [0.2, 0.25) is 0 Å². The zero-order valence-corrected chi connectivity index (χ0v) is 15.8. The van der Waals surface area contributed by atoms with E-state index in [0.717, 1.165) is 32.4 Å². The summed E-state index contributed by atoms with van der Waals surface area (Å²) in [6.07, 6.45) is 3.21. The number of rotatable bonds is 3. The Morgan fingerprint density at radius 3 is 2.35 bits per heavy atom. The molecule has 138 valence electrons. The van der Waals surface area contributed by atoms with Gasteiger partial charge in [-0.3, -0.25) is 9.59 Å². The molecule has 1 saturated heterocycles. The maximum atomic E-state index is 12.6. The fraction of sp³-hybridized carbons (Fsp3) is 0.263. The molecule has 0 radical (unpaired) electrons. The van der Waals surface area contributed by atoms with Gasteiger partial charge in [-0.1, -0.05) is 23.7 Å². The minimum atomic E-state index is -0.315. The highest BCUT2D eigenvalue weighted by molar-refractivity contribution is 6.34. The lowest BCUT2D eigenvalue weighted by atomic mass is 10.1. The third kappa shape index (κ3) is 4.48. The van der Waals surface area contributed by atoms with Crippen molar-refractivity contribution in [3.8, 4) is 0 Å². The van der Waals surface area contributed by atoms with Crippen molar-refractivity contribution in [2.24, 2.45) is 0 Å². The first kappa shape index (κ1) is 20.1. The first-order valence-electron chi connectivity index (χ1n) is 8.31. The standard InChI is InChI=1S/C19H20ClN3O2.ClH/c20-16-12-13(22-18(24)15-6-2-3-7-17(15)21)8-9-14(16)19(25)23-10-4-1-5-11-23;/h2-3,6-9,12H,1,4-5,10-11,21H2,(H,22,24);1H. The molecule has 0 aliphatic carbocycles. The lowest BCUT2D eigenvalue weighted by Crippen LogP contribution is -2.35. The predicted octanol–water partition coefficient (Wildman–Crippen LogP) is 4.22. The van der Waals surface area contributed by atoms with Gasteiger partial charge in [0, 0.05) is 24.5 Å². The number of nitrogens with one attached hydrogen (secondary N) is 1. The van der Waals surface area contributed by atoms with E-state index in [1.54, 1.807) is 42.5 Å². The molecule has 2 amide bonds. The van der Waals surface area contributed by atoms with Crippen LogP contribution >= 0.6 is 24.0 Å². The second kappa shape index (κ2) is 8.92. The van der Waals surface area contributed by atoms with Gasteiger partial charge >= 0.3 is 0 Å². The summed E-state index contributed by atoms with van der Waals surface area (Å²) in [6.45, 7) is 1.53. The molecule has 1 aliphatic heterocycles. The third-order valence-electron chi connectivity index (χ3n) is 4.31. The van der Waals surface area contributed by atoms with Crippen LogP contribution in [0.5, 0.6) is 0 Å². The smallest absolute Gasteiger partial charge is 0.257 e. The number of anilines is 2. The number of benzene rings is 2. The van der Waals surface area contributed by atoms with E-state index in [9.17, 15) is 9.59 Å². The number of hydrogen-bond acceptors (Lipinski definition) is 3. The van der Waals surface area contributed by atoms with E-state index in [1.165, 1.54) is 0 Å². The third-order valence-corrected chi connectivity index (χ3v) is 4.62. The topological polar surface area (TPSA) is 75.4 Å². The number of nitrogen functional groups attached to an aromatic ring is 1. The summed E-state index contributed by atoms with van der Waals surface area (Å²) in [7, 11) is 0. The Morgan fingerprint density at radius 2 is 1.69 bits per heavy atom. The Morgan fingerprint density at radius 1 is 1.00 bits per heavy atom. The number of piperidine rings is 1. The Kier molecular flexibility index (Phi) is 6.89. The zero-order valence-electron chi connectivity index (χ0n) is 14.2. The molecule has 26 heavy (non-hydrogen) atoms. The molecule has 2 aromatic carbocycles. The first-order chi connectivity index (χ1) is 12.1. The molecule has 0 aromatic heterocycles. The van der Waals surface area contributed by atoms with Crippen LogP contribution in [0.25, 0.3) is 0 Å². The molecule has 2 aromatic rings. The number of nitrogens with zero attached hydrogens (tertiary/aromatic N) is 1.